The lowest BCUT2D eigenvalue weighted by Crippen LogP contribution is -2.20. The van der Waals surface area contributed by atoms with E-state index in [1.54, 1.807) is 19.2 Å². The Balaban J connectivity index is 1.89. The first-order chi connectivity index (χ1) is 12.2. The molecule has 0 spiro atoms. The van der Waals surface area contributed by atoms with Gasteiger partial charge in [0.15, 0.2) is 0 Å². The van der Waals surface area contributed by atoms with Crippen molar-refractivity contribution in [2.45, 2.75) is 20.3 Å². The van der Waals surface area contributed by atoms with Gasteiger partial charge in [-0.1, -0.05) is 37.3 Å². The van der Waals surface area contributed by atoms with Crippen LogP contribution >= 0.6 is 0 Å². The third kappa shape index (κ3) is 2.54. The molecule has 0 N–H and O–H groups in total. The van der Waals surface area contributed by atoms with Crippen molar-refractivity contribution in [2.24, 2.45) is 5.10 Å². The molecule has 5 nitrogen and oxygen atoms in total. The van der Waals surface area contributed by atoms with Crippen LogP contribution in [0.4, 0.5) is 0 Å². The molecule has 4 rings (SSSR count). The number of fused-ring (bicyclic) bond motifs is 2. The summed E-state index contributed by atoms with van der Waals surface area (Å²) in [5.74, 6) is 1.40. The lowest BCUT2D eigenvalue weighted by molar-refractivity contribution is 0.556. The molecule has 25 heavy (non-hydrogen) atoms. The first-order valence-electron chi connectivity index (χ1n) is 8.22. The van der Waals surface area contributed by atoms with E-state index in [4.69, 9.17) is 4.42 Å². The Kier molecular flexibility index (Phi) is 3.69. The highest BCUT2D eigenvalue weighted by Gasteiger charge is 2.11. The summed E-state index contributed by atoms with van der Waals surface area (Å²) in [4.78, 5) is 17.2. The van der Waals surface area contributed by atoms with Crippen LogP contribution in [0, 0.1) is 6.92 Å². The van der Waals surface area contributed by atoms with E-state index in [0.717, 1.165) is 28.7 Å². The second kappa shape index (κ2) is 6.02. The van der Waals surface area contributed by atoms with Gasteiger partial charge in [-0.25, -0.2) is 4.98 Å². The van der Waals surface area contributed by atoms with Gasteiger partial charge in [-0.05, 0) is 25.1 Å². The van der Waals surface area contributed by atoms with Crippen LogP contribution in [0.25, 0.3) is 21.9 Å². The first kappa shape index (κ1) is 15.3. The summed E-state index contributed by atoms with van der Waals surface area (Å²) in [6.07, 6.45) is 2.44. The lowest BCUT2D eigenvalue weighted by atomic mass is 10.1. The molecule has 0 radical (unpaired) electrons. The maximum Gasteiger partial charge on any atom is 0.282 e. The molecule has 124 valence electrons. The molecule has 0 bridgehead atoms. The normalized spacial score (nSPS) is 11.8. The second-order valence-electron chi connectivity index (χ2n) is 5.83. The van der Waals surface area contributed by atoms with E-state index in [9.17, 15) is 4.79 Å². The van der Waals surface area contributed by atoms with E-state index in [2.05, 4.69) is 10.1 Å². The Bertz CT molecular complexity index is 1170. The van der Waals surface area contributed by atoms with Gasteiger partial charge in [0, 0.05) is 17.4 Å². The summed E-state index contributed by atoms with van der Waals surface area (Å²) in [6, 6.07) is 15.1. The number of furan rings is 1. The van der Waals surface area contributed by atoms with E-state index >= 15 is 0 Å². The van der Waals surface area contributed by atoms with Crippen molar-refractivity contribution in [1.29, 1.82) is 0 Å². The fraction of sp³-hybridized carbons (Fsp3) is 0.150. The standard InChI is InChI=1S/C20H17N3O2/c1-3-18-16(14-8-5-7-11-19(14)25-18)12-21-23-13(2)22-17-10-6-4-9-15(17)20(23)24/h4-12H,3H2,1-2H3. The van der Waals surface area contributed by atoms with Crippen molar-refractivity contribution >= 4 is 28.1 Å². The highest BCUT2D eigenvalue weighted by molar-refractivity contribution is 5.99. The molecule has 4 aromatic rings. The summed E-state index contributed by atoms with van der Waals surface area (Å²) in [5.41, 5.74) is 2.23. The molecule has 0 saturated heterocycles. The third-order valence-corrected chi connectivity index (χ3v) is 4.25. The molecule has 2 aromatic carbocycles. The molecule has 5 heteroatoms. The Morgan fingerprint density at radius 3 is 2.64 bits per heavy atom. The molecule has 2 aromatic heterocycles. The molecule has 0 aliphatic carbocycles. The summed E-state index contributed by atoms with van der Waals surface area (Å²) >= 11 is 0. The van der Waals surface area contributed by atoms with Crippen molar-refractivity contribution in [2.75, 3.05) is 0 Å². The predicted molar refractivity (Wildman–Crippen MR) is 99.3 cm³/mol. The topological polar surface area (TPSA) is 60.4 Å². The smallest absolute Gasteiger partial charge is 0.282 e. The number of rotatable bonds is 3. The summed E-state index contributed by atoms with van der Waals surface area (Å²) in [5, 5.41) is 5.96. The van der Waals surface area contributed by atoms with Gasteiger partial charge >= 0.3 is 0 Å². The average molecular weight is 331 g/mol. The van der Waals surface area contributed by atoms with Crippen molar-refractivity contribution in [3.05, 3.63) is 76.0 Å². The SMILES string of the molecule is CCc1oc2ccccc2c1C=Nn1c(C)nc2ccccc2c1=O. The minimum Gasteiger partial charge on any atom is -0.460 e. The maximum absolute atomic E-state index is 12.7. The summed E-state index contributed by atoms with van der Waals surface area (Å²) < 4.78 is 7.21. The van der Waals surface area contributed by atoms with E-state index in [0.29, 0.717) is 16.7 Å². The van der Waals surface area contributed by atoms with Gasteiger partial charge in [-0.15, -0.1) is 0 Å². The van der Waals surface area contributed by atoms with Crippen LogP contribution in [-0.4, -0.2) is 15.9 Å². The molecule has 0 amide bonds. The fourth-order valence-corrected chi connectivity index (χ4v) is 3.01. The summed E-state index contributed by atoms with van der Waals surface area (Å²) in [7, 11) is 0. The Morgan fingerprint density at radius 1 is 1.12 bits per heavy atom. The lowest BCUT2D eigenvalue weighted by Gasteiger charge is -2.05. The average Bonchev–Trinajstić information content (AvgIpc) is 2.99. The monoisotopic (exact) mass is 331 g/mol. The van der Waals surface area contributed by atoms with E-state index in [1.807, 2.05) is 49.4 Å². The molecule has 0 aliphatic rings. The van der Waals surface area contributed by atoms with Gasteiger partial charge in [0.2, 0.25) is 0 Å². The van der Waals surface area contributed by atoms with Crippen molar-refractivity contribution in [3.8, 4) is 0 Å². The van der Waals surface area contributed by atoms with Gasteiger partial charge < -0.3 is 4.42 Å². The Labute approximate surface area is 144 Å². The van der Waals surface area contributed by atoms with Crippen LogP contribution in [0.5, 0.6) is 0 Å². The van der Waals surface area contributed by atoms with Crippen molar-refractivity contribution in [3.63, 3.8) is 0 Å². The third-order valence-electron chi connectivity index (χ3n) is 4.25. The van der Waals surface area contributed by atoms with Gasteiger partial charge in [0.1, 0.15) is 17.2 Å². The minimum atomic E-state index is -0.176. The largest absolute Gasteiger partial charge is 0.460 e. The van der Waals surface area contributed by atoms with Crippen LogP contribution in [0.15, 0.2) is 62.8 Å². The van der Waals surface area contributed by atoms with Gasteiger partial charge in [-0.2, -0.15) is 9.78 Å². The fourth-order valence-electron chi connectivity index (χ4n) is 3.01. The molecular formula is C20H17N3O2. The Hall–Kier alpha value is -3.21. The zero-order valence-electron chi connectivity index (χ0n) is 14.1. The zero-order chi connectivity index (χ0) is 17.4. The molecule has 0 aliphatic heterocycles. The summed E-state index contributed by atoms with van der Waals surface area (Å²) in [6.45, 7) is 3.81. The van der Waals surface area contributed by atoms with Crippen LogP contribution in [0.3, 0.4) is 0 Å². The minimum absolute atomic E-state index is 0.176. The van der Waals surface area contributed by atoms with Crippen LogP contribution in [0.1, 0.15) is 24.1 Å². The Morgan fingerprint density at radius 2 is 1.84 bits per heavy atom. The number of hydrogen-bond acceptors (Lipinski definition) is 4. The van der Waals surface area contributed by atoms with Crippen molar-refractivity contribution in [1.82, 2.24) is 9.66 Å². The van der Waals surface area contributed by atoms with Crippen molar-refractivity contribution < 1.29 is 4.42 Å². The predicted octanol–water partition coefficient (Wildman–Crippen LogP) is 3.90. The number of aryl methyl sites for hydroxylation is 2. The molecule has 0 unspecified atom stereocenters. The second-order valence-corrected chi connectivity index (χ2v) is 5.83. The number of nitrogens with zero attached hydrogens (tertiary/aromatic N) is 3. The molecule has 0 saturated carbocycles. The molecule has 0 atom stereocenters. The molecule has 0 fully saturated rings. The number of para-hydroxylation sites is 2. The number of aromatic nitrogens is 2. The van der Waals surface area contributed by atoms with Gasteiger partial charge in [-0.3, -0.25) is 4.79 Å². The van der Waals surface area contributed by atoms with Crippen LogP contribution < -0.4 is 5.56 Å². The highest BCUT2D eigenvalue weighted by atomic mass is 16.3. The van der Waals surface area contributed by atoms with E-state index in [-0.39, 0.29) is 5.56 Å². The zero-order valence-corrected chi connectivity index (χ0v) is 14.1. The molecular weight excluding hydrogens is 314 g/mol. The van der Waals surface area contributed by atoms with Gasteiger partial charge in [0.25, 0.3) is 5.56 Å². The number of hydrogen-bond donors (Lipinski definition) is 0. The molecule has 2 heterocycles. The van der Waals surface area contributed by atoms with Crippen LogP contribution in [0.2, 0.25) is 0 Å². The van der Waals surface area contributed by atoms with E-state index < -0.39 is 0 Å². The first-order valence-corrected chi connectivity index (χ1v) is 8.22. The van der Waals surface area contributed by atoms with Crippen LogP contribution in [-0.2, 0) is 6.42 Å². The van der Waals surface area contributed by atoms with E-state index in [1.165, 1.54) is 4.68 Å². The maximum atomic E-state index is 12.7. The number of benzene rings is 2. The highest BCUT2D eigenvalue weighted by Crippen LogP contribution is 2.24. The quantitative estimate of drug-likeness (QED) is 0.535. The van der Waals surface area contributed by atoms with Gasteiger partial charge in [0.05, 0.1) is 17.1 Å².